The predicted molar refractivity (Wildman–Crippen MR) is 138 cm³/mol. The van der Waals surface area contributed by atoms with Crippen LogP contribution in [0, 0.1) is 16.0 Å². The lowest BCUT2D eigenvalue weighted by atomic mass is 9.83. The summed E-state index contributed by atoms with van der Waals surface area (Å²) >= 11 is 0. The summed E-state index contributed by atoms with van der Waals surface area (Å²) in [6, 6.07) is 16.9. The average Bonchev–Trinajstić information content (AvgIpc) is 3.48. The minimum absolute atomic E-state index is 0.0609. The smallest absolute Gasteiger partial charge is 0.355 e. The van der Waals surface area contributed by atoms with E-state index in [0.717, 1.165) is 11.4 Å². The average molecular weight is 517 g/mol. The van der Waals surface area contributed by atoms with Crippen LogP contribution in [-0.4, -0.2) is 48.7 Å². The highest BCUT2D eigenvalue weighted by Crippen LogP contribution is 2.47. The number of nitro benzene ring substituents is 1. The number of nitro groups is 1. The number of β-lactam (4-membered cyclic amide) rings is 1. The number of nitrogens with zero attached hydrogens (tertiary/aromatic N) is 4. The molecule has 196 valence electrons. The molecule has 1 fully saturated rings. The summed E-state index contributed by atoms with van der Waals surface area (Å²) in [5.41, 5.74) is 3.63. The molecule has 5 rings (SSSR count). The van der Waals surface area contributed by atoms with Gasteiger partial charge in [-0.1, -0.05) is 32.0 Å². The number of fused-ring (bicyclic) bond motifs is 1. The molecule has 0 spiro atoms. The van der Waals surface area contributed by atoms with Crippen LogP contribution < -0.4 is 0 Å². The number of amides is 1. The molecule has 2 aliphatic heterocycles. The summed E-state index contributed by atoms with van der Waals surface area (Å²) in [6.45, 7) is 5.53. The van der Waals surface area contributed by atoms with Crippen LogP contribution in [0.25, 0.3) is 11.3 Å². The number of benzene rings is 2. The number of hydrogen-bond donors (Lipinski definition) is 1. The Morgan fingerprint density at radius 2 is 1.84 bits per heavy atom. The number of non-ortho nitro benzene ring substituents is 1. The molecule has 1 amide bonds. The molecule has 3 atom stereocenters. The lowest BCUT2D eigenvalue weighted by molar-refractivity contribution is -0.384. The van der Waals surface area contributed by atoms with Gasteiger partial charge in [0, 0.05) is 17.7 Å². The minimum atomic E-state index is -0.856. The van der Waals surface area contributed by atoms with Gasteiger partial charge in [-0.05, 0) is 55.2 Å². The molecular weight excluding hydrogens is 488 g/mol. The number of aliphatic hydroxyl groups is 1. The van der Waals surface area contributed by atoms with Gasteiger partial charge in [0.15, 0.2) is 0 Å². The molecule has 1 aromatic heterocycles. The second-order valence-electron chi connectivity index (χ2n) is 9.93. The monoisotopic (exact) mass is 516 g/mol. The van der Waals surface area contributed by atoms with Gasteiger partial charge < -0.3 is 14.7 Å². The molecule has 0 saturated carbocycles. The molecule has 0 aliphatic carbocycles. The maximum absolute atomic E-state index is 13.5. The first-order valence-corrected chi connectivity index (χ1v) is 12.5. The Balaban J connectivity index is 1.54. The number of aromatic nitrogens is 2. The van der Waals surface area contributed by atoms with Crippen LogP contribution in [0.15, 0.2) is 66.4 Å². The highest BCUT2D eigenvalue weighted by Gasteiger charge is 2.57. The number of para-hydroxylation sites is 1. The molecule has 3 aromatic rings. The minimum Gasteiger partial charge on any atom is -0.456 e. The van der Waals surface area contributed by atoms with E-state index in [0.29, 0.717) is 23.3 Å². The van der Waals surface area contributed by atoms with E-state index in [4.69, 9.17) is 9.84 Å². The van der Waals surface area contributed by atoms with Gasteiger partial charge >= 0.3 is 5.97 Å². The molecule has 38 heavy (non-hydrogen) atoms. The molecular formula is C28H28N4O6. The van der Waals surface area contributed by atoms with Crippen LogP contribution in [0.4, 0.5) is 5.69 Å². The summed E-state index contributed by atoms with van der Waals surface area (Å²) in [6.07, 6.45) is -0.481. The van der Waals surface area contributed by atoms with Gasteiger partial charge in [0.2, 0.25) is 5.91 Å². The number of ether oxygens (including phenoxy) is 1. The fourth-order valence-corrected chi connectivity index (χ4v) is 5.08. The summed E-state index contributed by atoms with van der Waals surface area (Å²) in [4.78, 5) is 38.4. The second kappa shape index (κ2) is 9.86. The van der Waals surface area contributed by atoms with Crippen LogP contribution >= 0.6 is 0 Å². The van der Waals surface area contributed by atoms with Crippen molar-refractivity contribution in [1.82, 2.24) is 14.7 Å². The molecule has 0 unspecified atom stereocenters. The Morgan fingerprint density at radius 1 is 1.16 bits per heavy atom. The predicted octanol–water partition coefficient (Wildman–Crippen LogP) is 3.97. The van der Waals surface area contributed by atoms with Crippen LogP contribution in [-0.2, 0) is 20.9 Å². The number of rotatable bonds is 8. The summed E-state index contributed by atoms with van der Waals surface area (Å²) < 4.78 is 7.39. The highest BCUT2D eigenvalue weighted by atomic mass is 16.6. The van der Waals surface area contributed by atoms with E-state index < -0.39 is 22.9 Å². The molecule has 2 aliphatic rings. The van der Waals surface area contributed by atoms with Gasteiger partial charge in [0.1, 0.15) is 12.3 Å². The quantitative estimate of drug-likeness (QED) is 0.208. The van der Waals surface area contributed by atoms with E-state index in [2.05, 4.69) is 0 Å². The van der Waals surface area contributed by atoms with Gasteiger partial charge in [0.05, 0.1) is 40.1 Å². The zero-order valence-electron chi connectivity index (χ0n) is 21.3. The van der Waals surface area contributed by atoms with Crippen LogP contribution in [0.3, 0.4) is 0 Å². The summed E-state index contributed by atoms with van der Waals surface area (Å²) in [5, 5.41) is 26.0. The van der Waals surface area contributed by atoms with Gasteiger partial charge in [-0.25, -0.2) is 9.48 Å². The van der Waals surface area contributed by atoms with Crippen LogP contribution in [0.5, 0.6) is 0 Å². The van der Waals surface area contributed by atoms with Crippen molar-refractivity contribution in [2.75, 3.05) is 0 Å². The second-order valence-corrected chi connectivity index (χ2v) is 9.93. The van der Waals surface area contributed by atoms with Crippen molar-refractivity contribution >= 4 is 23.1 Å². The van der Waals surface area contributed by atoms with E-state index in [1.807, 2.05) is 50.2 Å². The van der Waals surface area contributed by atoms with E-state index in [1.165, 1.54) is 29.2 Å². The third-order valence-corrected chi connectivity index (χ3v) is 7.07. The fourth-order valence-electron chi connectivity index (χ4n) is 5.08. The normalized spacial score (nSPS) is 19.4. The van der Waals surface area contributed by atoms with E-state index >= 15 is 0 Å². The van der Waals surface area contributed by atoms with Crippen molar-refractivity contribution in [3.05, 3.63) is 93.4 Å². The SMILES string of the molecule is CC(C)c1cc(C2=C(C(=O)OCc3ccc([N+](=O)[O-])cc3)N3C(=O)[C@H]([C@@H](C)O)[C@H]3C2)n(-c2ccccc2)n1. The standard InChI is InChI=1S/C28H28N4O6/c1-16(2)22-14-23(31(29-22)19-7-5-4-6-8-19)21-13-24-25(17(3)33)27(34)30(24)26(21)28(35)38-15-18-9-11-20(12-10-18)32(36)37/h4-12,14,16-17,24-25,33H,13,15H2,1-3H3/t17-,24-,25-/m1/s1. The largest absolute Gasteiger partial charge is 0.456 e. The molecule has 0 bridgehead atoms. The maximum Gasteiger partial charge on any atom is 0.355 e. The van der Waals surface area contributed by atoms with Gasteiger partial charge in [0.25, 0.3) is 5.69 Å². The van der Waals surface area contributed by atoms with Gasteiger partial charge in [-0.15, -0.1) is 0 Å². The number of carbonyl (C=O) groups is 2. The highest BCUT2D eigenvalue weighted by molar-refractivity contribution is 6.06. The lowest BCUT2D eigenvalue weighted by Gasteiger charge is -2.44. The zero-order chi connectivity index (χ0) is 27.1. The molecule has 1 N–H and O–H groups in total. The number of esters is 1. The van der Waals surface area contributed by atoms with Gasteiger partial charge in [-0.3, -0.25) is 14.9 Å². The van der Waals surface area contributed by atoms with Gasteiger partial charge in [-0.2, -0.15) is 5.10 Å². The third-order valence-electron chi connectivity index (χ3n) is 7.07. The van der Waals surface area contributed by atoms with Crippen molar-refractivity contribution in [3.8, 4) is 5.69 Å². The van der Waals surface area contributed by atoms with Crippen molar-refractivity contribution < 1.29 is 24.4 Å². The first-order chi connectivity index (χ1) is 18.2. The first kappa shape index (κ1) is 25.3. The molecule has 0 radical (unpaired) electrons. The number of carbonyl (C=O) groups excluding carboxylic acids is 2. The molecule has 10 heteroatoms. The Hall–Kier alpha value is -4.31. The Bertz CT molecular complexity index is 1430. The van der Waals surface area contributed by atoms with Crippen molar-refractivity contribution in [2.24, 2.45) is 5.92 Å². The van der Waals surface area contributed by atoms with E-state index in [9.17, 15) is 24.8 Å². The summed E-state index contributed by atoms with van der Waals surface area (Å²) in [5.74, 6) is -1.48. The molecule has 10 nitrogen and oxygen atoms in total. The third kappa shape index (κ3) is 4.37. The van der Waals surface area contributed by atoms with Crippen LogP contribution in [0.2, 0.25) is 0 Å². The topological polar surface area (TPSA) is 128 Å². The van der Waals surface area contributed by atoms with Crippen molar-refractivity contribution in [3.63, 3.8) is 0 Å². The zero-order valence-corrected chi connectivity index (χ0v) is 21.3. The molecule has 2 aromatic carbocycles. The Morgan fingerprint density at radius 3 is 2.45 bits per heavy atom. The molecule has 1 saturated heterocycles. The van der Waals surface area contributed by atoms with Crippen molar-refractivity contribution in [1.29, 1.82) is 0 Å². The number of aliphatic hydroxyl groups excluding tert-OH is 1. The Labute approximate surface area is 219 Å². The van der Waals surface area contributed by atoms with Crippen molar-refractivity contribution in [2.45, 2.75) is 51.9 Å². The molecule has 3 heterocycles. The first-order valence-electron chi connectivity index (χ1n) is 12.5. The Kier molecular flexibility index (Phi) is 6.58. The lowest BCUT2D eigenvalue weighted by Crippen LogP contribution is -2.61. The van der Waals surface area contributed by atoms with E-state index in [-0.39, 0.29) is 35.9 Å². The van der Waals surface area contributed by atoms with E-state index in [1.54, 1.807) is 11.6 Å². The van der Waals surface area contributed by atoms with Crippen LogP contribution in [0.1, 0.15) is 50.1 Å². The number of hydrogen-bond acceptors (Lipinski definition) is 7. The summed E-state index contributed by atoms with van der Waals surface area (Å²) in [7, 11) is 0. The maximum atomic E-state index is 13.5. The fraction of sp³-hybridized carbons (Fsp3) is 0.321.